The van der Waals surface area contributed by atoms with Gasteiger partial charge in [0.25, 0.3) is 0 Å². The summed E-state index contributed by atoms with van der Waals surface area (Å²) in [5, 5.41) is 1.50. The third-order valence-corrected chi connectivity index (χ3v) is 5.37. The summed E-state index contributed by atoms with van der Waals surface area (Å²) in [6.45, 7) is 4.67. The maximum atomic E-state index is 2.33. The first-order valence-corrected chi connectivity index (χ1v) is 9.87. The molecule has 3 aromatic rings. The van der Waals surface area contributed by atoms with E-state index in [1.807, 2.05) is 0 Å². The largest absolute Gasteiger partial charge is 0.0814 e. The van der Waals surface area contributed by atoms with Crippen LogP contribution in [0, 0.1) is 0 Å². The molecule has 0 amide bonds. The molecule has 0 bridgehead atoms. The molecule has 0 saturated heterocycles. The monoisotopic (exact) mass is 304 g/mol. The molecule has 0 unspecified atom stereocenters. The Morgan fingerprint density at radius 1 is 0.591 bits per heavy atom. The van der Waals surface area contributed by atoms with Crippen molar-refractivity contribution in [2.75, 3.05) is 13.3 Å². The zero-order chi connectivity index (χ0) is 15.4. The Morgan fingerprint density at radius 3 is 1.55 bits per heavy atom. The molecule has 0 N–H and O–H groups in total. The molecular formula is C21H21P. The fourth-order valence-corrected chi connectivity index (χ4v) is 4.09. The Morgan fingerprint density at radius 2 is 1.05 bits per heavy atom. The average Bonchev–Trinajstić information content (AvgIpc) is 2.57. The smallest absolute Gasteiger partial charge is 0.0346 e. The molecule has 0 aliphatic heterocycles. The molecule has 3 aromatic carbocycles. The molecule has 0 saturated carbocycles. The first kappa shape index (κ1) is 15.0. The number of hydrogen-bond donors (Lipinski definition) is 0. The van der Waals surface area contributed by atoms with E-state index in [1.54, 1.807) is 0 Å². The predicted octanol–water partition coefficient (Wildman–Crippen LogP) is 5.23. The lowest BCUT2D eigenvalue weighted by molar-refractivity contribution is 0.986. The fourth-order valence-electron chi connectivity index (χ4n) is 2.98. The molecule has 0 atom stereocenters. The second-order valence-corrected chi connectivity index (χ2v) is 7.98. The van der Waals surface area contributed by atoms with Crippen LogP contribution >= 0.6 is 7.92 Å². The standard InChI is InChI=1S/C21H21P/c1-22(2)20-16-10-9-15-19(20)21(17-11-5-3-6-12-17)18-13-7-4-8-14-18/h3-16,21H,1-2H3. The van der Waals surface area contributed by atoms with Crippen LogP contribution < -0.4 is 5.30 Å². The Kier molecular flexibility index (Phi) is 4.71. The molecule has 110 valence electrons. The van der Waals surface area contributed by atoms with E-state index < -0.39 is 0 Å². The molecule has 0 spiro atoms. The summed E-state index contributed by atoms with van der Waals surface area (Å²) >= 11 is 0. The van der Waals surface area contributed by atoms with Gasteiger partial charge < -0.3 is 0 Å². The van der Waals surface area contributed by atoms with Crippen molar-refractivity contribution in [3.63, 3.8) is 0 Å². The molecule has 0 aliphatic carbocycles. The second-order valence-electron chi connectivity index (χ2n) is 5.71. The second kappa shape index (κ2) is 6.90. The summed E-state index contributed by atoms with van der Waals surface area (Å²) in [4.78, 5) is 0. The van der Waals surface area contributed by atoms with Crippen molar-refractivity contribution in [2.24, 2.45) is 0 Å². The lowest BCUT2D eigenvalue weighted by atomic mass is 9.85. The van der Waals surface area contributed by atoms with E-state index in [0.717, 1.165) is 0 Å². The zero-order valence-corrected chi connectivity index (χ0v) is 14.0. The van der Waals surface area contributed by atoms with Crippen LogP contribution in [0.5, 0.6) is 0 Å². The highest BCUT2D eigenvalue weighted by Crippen LogP contribution is 2.35. The van der Waals surface area contributed by atoms with Crippen molar-refractivity contribution in [1.29, 1.82) is 0 Å². The van der Waals surface area contributed by atoms with Gasteiger partial charge in [-0.25, -0.2) is 0 Å². The molecular weight excluding hydrogens is 283 g/mol. The van der Waals surface area contributed by atoms with Gasteiger partial charge in [-0.2, -0.15) is 0 Å². The van der Waals surface area contributed by atoms with Crippen LogP contribution in [0.1, 0.15) is 22.6 Å². The Balaban J connectivity index is 2.19. The summed E-state index contributed by atoms with van der Waals surface area (Å²) in [5.74, 6) is 0.309. The maximum absolute atomic E-state index is 2.33. The summed E-state index contributed by atoms with van der Waals surface area (Å²) in [6.07, 6.45) is 0. The SMILES string of the molecule is CP(C)c1ccccc1C(c1ccccc1)c1ccccc1. The summed E-state index contributed by atoms with van der Waals surface area (Å²) in [5.41, 5.74) is 4.16. The van der Waals surface area contributed by atoms with Crippen molar-refractivity contribution in [2.45, 2.75) is 5.92 Å². The van der Waals surface area contributed by atoms with E-state index >= 15 is 0 Å². The number of hydrogen-bond acceptors (Lipinski definition) is 0. The van der Waals surface area contributed by atoms with Gasteiger partial charge in [0.1, 0.15) is 0 Å². The van der Waals surface area contributed by atoms with Gasteiger partial charge in [-0.15, -0.1) is 0 Å². The Bertz CT molecular complexity index is 678. The van der Waals surface area contributed by atoms with Crippen LogP contribution in [-0.2, 0) is 0 Å². The lowest BCUT2D eigenvalue weighted by Gasteiger charge is -2.23. The molecule has 22 heavy (non-hydrogen) atoms. The highest BCUT2D eigenvalue weighted by molar-refractivity contribution is 7.64. The minimum absolute atomic E-state index is 0.130. The Hall–Kier alpha value is -1.91. The first-order chi connectivity index (χ1) is 10.8. The minimum atomic E-state index is -0.130. The summed E-state index contributed by atoms with van der Waals surface area (Å²) in [6, 6.07) is 30.6. The third-order valence-electron chi connectivity index (χ3n) is 4.00. The fraction of sp³-hybridized carbons (Fsp3) is 0.143. The summed E-state index contributed by atoms with van der Waals surface area (Å²) < 4.78 is 0. The minimum Gasteiger partial charge on any atom is -0.0814 e. The van der Waals surface area contributed by atoms with Crippen molar-refractivity contribution < 1.29 is 0 Å². The topological polar surface area (TPSA) is 0 Å². The molecule has 1 heteroatoms. The van der Waals surface area contributed by atoms with E-state index in [1.165, 1.54) is 22.0 Å². The van der Waals surface area contributed by atoms with Crippen molar-refractivity contribution in [3.8, 4) is 0 Å². The molecule has 3 rings (SSSR count). The first-order valence-electron chi connectivity index (χ1n) is 7.63. The van der Waals surface area contributed by atoms with Crippen LogP contribution in [-0.4, -0.2) is 13.3 Å². The van der Waals surface area contributed by atoms with Crippen molar-refractivity contribution in [3.05, 3.63) is 102 Å². The van der Waals surface area contributed by atoms with E-state index in [4.69, 9.17) is 0 Å². The van der Waals surface area contributed by atoms with Crippen LogP contribution in [0.25, 0.3) is 0 Å². The Labute approximate surface area is 134 Å². The van der Waals surface area contributed by atoms with Gasteiger partial charge in [-0.3, -0.25) is 0 Å². The average molecular weight is 304 g/mol. The van der Waals surface area contributed by atoms with Gasteiger partial charge in [0.15, 0.2) is 0 Å². The molecule has 0 nitrogen and oxygen atoms in total. The quantitative estimate of drug-likeness (QED) is 0.457. The number of rotatable bonds is 4. The predicted molar refractivity (Wildman–Crippen MR) is 98.7 cm³/mol. The molecule has 0 radical (unpaired) electrons. The third kappa shape index (κ3) is 3.13. The molecule has 0 aromatic heterocycles. The van der Waals surface area contributed by atoms with Crippen LogP contribution in [0.2, 0.25) is 0 Å². The van der Waals surface area contributed by atoms with Crippen molar-refractivity contribution in [1.82, 2.24) is 0 Å². The molecule has 0 fully saturated rings. The molecule has 0 aliphatic rings. The van der Waals surface area contributed by atoms with Gasteiger partial charge in [0.2, 0.25) is 0 Å². The van der Waals surface area contributed by atoms with E-state index in [-0.39, 0.29) is 7.92 Å². The molecule has 0 heterocycles. The van der Waals surface area contributed by atoms with Crippen LogP contribution in [0.4, 0.5) is 0 Å². The van der Waals surface area contributed by atoms with Gasteiger partial charge in [0.05, 0.1) is 0 Å². The normalized spacial score (nSPS) is 11.1. The van der Waals surface area contributed by atoms with E-state index in [2.05, 4.69) is 98.3 Å². The zero-order valence-electron chi connectivity index (χ0n) is 13.1. The van der Waals surface area contributed by atoms with Gasteiger partial charge in [-0.1, -0.05) is 92.9 Å². The van der Waals surface area contributed by atoms with Gasteiger partial charge >= 0.3 is 0 Å². The van der Waals surface area contributed by atoms with E-state index in [9.17, 15) is 0 Å². The van der Waals surface area contributed by atoms with Crippen molar-refractivity contribution >= 4 is 13.2 Å². The number of benzene rings is 3. The van der Waals surface area contributed by atoms with Gasteiger partial charge in [-0.05, 0) is 35.3 Å². The van der Waals surface area contributed by atoms with Gasteiger partial charge in [0, 0.05) is 5.92 Å². The lowest BCUT2D eigenvalue weighted by Crippen LogP contribution is -2.14. The highest BCUT2D eigenvalue weighted by Gasteiger charge is 2.20. The summed E-state index contributed by atoms with van der Waals surface area (Å²) in [7, 11) is -0.130. The highest BCUT2D eigenvalue weighted by atomic mass is 31.1. The van der Waals surface area contributed by atoms with Crippen LogP contribution in [0.15, 0.2) is 84.9 Å². The maximum Gasteiger partial charge on any atom is 0.0346 e. The van der Waals surface area contributed by atoms with E-state index in [0.29, 0.717) is 5.92 Å². The van der Waals surface area contributed by atoms with Crippen LogP contribution in [0.3, 0.4) is 0 Å².